The number of aliphatic hydroxyl groups is 1. The molecule has 0 aliphatic carbocycles. The lowest BCUT2D eigenvalue weighted by atomic mass is 10.1. The van der Waals surface area contributed by atoms with Gasteiger partial charge in [0.15, 0.2) is 0 Å². The lowest BCUT2D eigenvalue weighted by molar-refractivity contribution is -0.146. The predicted octanol–water partition coefficient (Wildman–Crippen LogP) is 0.721. The maximum atomic E-state index is 13.4. The van der Waals surface area contributed by atoms with Crippen molar-refractivity contribution < 1.29 is 19.7 Å². The molecule has 0 bridgehead atoms. The fraction of sp³-hybridized carbons (Fsp3) is 0.526. The van der Waals surface area contributed by atoms with Gasteiger partial charge < -0.3 is 14.9 Å². The molecule has 0 amide bonds. The second-order valence-corrected chi connectivity index (χ2v) is 8.53. The molecular formula is C19H25N5O6S. The molecule has 3 heterocycles. The Hall–Kier alpha value is -2.83. The van der Waals surface area contributed by atoms with E-state index < -0.39 is 28.9 Å². The van der Waals surface area contributed by atoms with E-state index in [0.717, 1.165) is 4.57 Å². The van der Waals surface area contributed by atoms with Gasteiger partial charge in [0.05, 0.1) is 43.6 Å². The molecule has 3 aromatic heterocycles. The molecule has 0 unspecified atom stereocenters. The molecule has 0 spiro atoms. The Kier molecular flexibility index (Phi) is 6.43. The first-order valence-electron chi connectivity index (χ1n) is 9.77. The fourth-order valence-electron chi connectivity index (χ4n) is 3.32. The van der Waals surface area contributed by atoms with E-state index in [9.17, 15) is 19.5 Å². The van der Waals surface area contributed by atoms with E-state index in [-0.39, 0.29) is 25.1 Å². The highest BCUT2D eigenvalue weighted by Crippen LogP contribution is 2.31. The number of nitrogens with zero attached hydrogens (tertiary/aromatic N) is 5. The van der Waals surface area contributed by atoms with E-state index in [0.29, 0.717) is 21.8 Å². The van der Waals surface area contributed by atoms with Crippen molar-refractivity contribution in [2.75, 3.05) is 13.2 Å². The first-order chi connectivity index (χ1) is 14.6. The van der Waals surface area contributed by atoms with Gasteiger partial charge >= 0.3 is 11.7 Å². The SMILES string of the molecule is CC[C@H](Cn1c(=O)n(C(C)(C)C(=O)O)c(=O)c2c(C)c(-n3nccn3)sc21)OCCO. The van der Waals surface area contributed by atoms with Crippen LogP contribution in [0.2, 0.25) is 0 Å². The van der Waals surface area contributed by atoms with Crippen LogP contribution in [0.4, 0.5) is 0 Å². The molecule has 0 saturated carbocycles. The summed E-state index contributed by atoms with van der Waals surface area (Å²) >= 11 is 1.18. The average Bonchev–Trinajstić information content (AvgIpc) is 3.35. The Morgan fingerprint density at radius 2 is 1.94 bits per heavy atom. The zero-order valence-corrected chi connectivity index (χ0v) is 18.5. The van der Waals surface area contributed by atoms with Crippen molar-refractivity contribution in [1.82, 2.24) is 24.1 Å². The van der Waals surface area contributed by atoms with E-state index in [4.69, 9.17) is 9.84 Å². The van der Waals surface area contributed by atoms with Gasteiger partial charge in [0, 0.05) is 5.56 Å². The normalized spacial score (nSPS) is 13.1. The van der Waals surface area contributed by atoms with Crippen molar-refractivity contribution in [3.63, 3.8) is 0 Å². The van der Waals surface area contributed by atoms with E-state index >= 15 is 0 Å². The summed E-state index contributed by atoms with van der Waals surface area (Å²) in [6, 6.07) is 0. The number of aromatic nitrogens is 5. The van der Waals surface area contributed by atoms with Crippen molar-refractivity contribution >= 4 is 27.5 Å². The number of carboxylic acids is 1. The van der Waals surface area contributed by atoms with Crippen molar-refractivity contribution in [3.05, 3.63) is 38.8 Å². The maximum absolute atomic E-state index is 13.4. The van der Waals surface area contributed by atoms with Gasteiger partial charge in [-0.15, -0.1) is 4.80 Å². The number of hydrogen-bond donors (Lipinski definition) is 2. The first-order valence-corrected chi connectivity index (χ1v) is 10.6. The number of carbonyl (C=O) groups is 1. The number of aryl methyl sites for hydroxylation is 1. The summed E-state index contributed by atoms with van der Waals surface area (Å²) < 4.78 is 7.77. The number of aliphatic carboxylic acids is 1. The van der Waals surface area contributed by atoms with Crippen LogP contribution >= 0.6 is 11.3 Å². The standard InChI is InChI=1S/C19H25N5O6S/c1-5-12(30-9-8-25)10-22-16-13(11(2)15(31-16)24-20-6-7-21-24)14(26)23(18(22)29)19(3,4)17(27)28/h6-7,12,25H,5,8-10H2,1-4H3,(H,27,28)/t12-/m1/s1. The average molecular weight is 452 g/mol. The van der Waals surface area contributed by atoms with Gasteiger partial charge in [-0.1, -0.05) is 18.3 Å². The molecule has 0 aliphatic rings. The van der Waals surface area contributed by atoms with Crippen molar-refractivity contribution in [3.8, 4) is 5.00 Å². The van der Waals surface area contributed by atoms with Crippen LogP contribution in [0.25, 0.3) is 15.2 Å². The van der Waals surface area contributed by atoms with Crippen LogP contribution in [-0.4, -0.2) is 59.6 Å². The molecule has 0 aliphatic heterocycles. The molecule has 2 N–H and O–H groups in total. The zero-order valence-electron chi connectivity index (χ0n) is 17.7. The van der Waals surface area contributed by atoms with Crippen molar-refractivity contribution in [2.45, 2.75) is 52.3 Å². The molecule has 0 fully saturated rings. The highest BCUT2D eigenvalue weighted by Gasteiger charge is 2.35. The lowest BCUT2D eigenvalue weighted by Gasteiger charge is -2.24. The Morgan fingerprint density at radius 1 is 1.29 bits per heavy atom. The van der Waals surface area contributed by atoms with Crippen molar-refractivity contribution in [2.24, 2.45) is 0 Å². The Bertz CT molecular complexity index is 1210. The number of fused-ring (bicyclic) bond motifs is 1. The second-order valence-electron chi connectivity index (χ2n) is 7.55. The Balaban J connectivity index is 2.37. The van der Waals surface area contributed by atoms with Gasteiger partial charge in [-0.05, 0) is 27.2 Å². The van der Waals surface area contributed by atoms with Crippen LogP contribution in [0.5, 0.6) is 0 Å². The molecule has 0 saturated heterocycles. The summed E-state index contributed by atoms with van der Waals surface area (Å²) in [6.45, 7) is 6.23. The first kappa shape index (κ1) is 22.8. The van der Waals surface area contributed by atoms with Gasteiger partial charge in [-0.3, -0.25) is 9.36 Å². The maximum Gasteiger partial charge on any atom is 0.333 e. The van der Waals surface area contributed by atoms with Crippen LogP contribution in [0, 0.1) is 6.92 Å². The van der Waals surface area contributed by atoms with Crippen LogP contribution in [0.3, 0.4) is 0 Å². The number of rotatable bonds is 9. The van der Waals surface area contributed by atoms with Gasteiger partial charge in [-0.2, -0.15) is 10.2 Å². The summed E-state index contributed by atoms with van der Waals surface area (Å²) in [5.41, 5.74) is -2.64. The van der Waals surface area contributed by atoms with E-state index in [1.54, 1.807) is 6.92 Å². The molecule has 12 heteroatoms. The summed E-state index contributed by atoms with van der Waals surface area (Å²) in [7, 11) is 0. The molecular weight excluding hydrogens is 426 g/mol. The van der Waals surface area contributed by atoms with E-state index in [2.05, 4.69) is 10.2 Å². The van der Waals surface area contributed by atoms with Crippen molar-refractivity contribution in [1.29, 1.82) is 0 Å². The summed E-state index contributed by atoms with van der Waals surface area (Å²) in [5, 5.41) is 27.8. The topological polar surface area (TPSA) is 141 Å². The minimum atomic E-state index is -1.77. The smallest absolute Gasteiger partial charge is 0.333 e. The summed E-state index contributed by atoms with van der Waals surface area (Å²) in [4.78, 5) is 40.4. The third-order valence-electron chi connectivity index (χ3n) is 5.16. The minimum Gasteiger partial charge on any atom is -0.480 e. The van der Waals surface area contributed by atoms with Crippen LogP contribution in [-0.2, 0) is 21.6 Å². The number of thiophene rings is 1. The Labute approximate surface area is 181 Å². The molecule has 31 heavy (non-hydrogen) atoms. The quantitative estimate of drug-likeness (QED) is 0.485. The van der Waals surface area contributed by atoms with Crippen LogP contribution < -0.4 is 11.2 Å². The minimum absolute atomic E-state index is 0.0910. The van der Waals surface area contributed by atoms with Gasteiger partial charge in [-0.25, -0.2) is 14.2 Å². The highest BCUT2D eigenvalue weighted by molar-refractivity contribution is 7.21. The number of carboxylic acid groups (broad SMARTS) is 1. The third-order valence-corrected chi connectivity index (χ3v) is 6.44. The lowest BCUT2D eigenvalue weighted by Crippen LogP contribution is -2.53. The highest BCUT2D eigenvalue weighted by atomic mass is 32.1. The van der Waals surface area contributed by atoms with E-state index in [1.165, 1.54) is 46.9 Å². The summed E-state index contributed by atoms with van der Waals surface area (Å²) in [5.74, 6) is -1.30. The third kappa shape index (κ3) is 3.93. The molecule has 0 radical (unpaired) electrons. The molecule has 168 valence electrons. The number of ether oxygens (including phenoxy) is 1. The molecule has 0 aromatic carbocycles. The largest absolute Gasteiger partial charge is 0.480 e. The molecule has 3 rings (SSSR count). The summed E-state index contributed by atoms with van der Waals surface area (Å²) in [6.07, 6.45) is 3.13. The van der Waals surface area contributed by atoms with Crippen LogP contribution in [0.1, 0.15) is 32.8 Å². The zero-order chi connectivity index (χ0) is 22.9. The predicted molar refractivity (Wildman–Crippen MR) is 114 cm³/mol. The second kappa shape index (κ2) is 8.73. The molecule has 11 nitrogen and oxygen atoms in total. The van der Waals surface area contributed by atoms with Gasteiger partial charge in [0.2, 0.25) is 0 Å². The Morgan fingerprint density at radius 3 is 2.48 bits per heavy atom. The van der Waals surface area contributed by atoms with E-state index in [1.807, 2.05) is 6.92 Å². The number of aliphatic hydroxyl groups excluding tert-OH is 1. The fourth-order valence-corrected chi connectivity index (χ4v) is 4.54. The molecule has 3 aromatic rings. The molecule has 1 atom stereocenters. The van der Waals surface area contributed by atoms with Gasteiger partial charge in [0.25, 0.3) is 5.56 Å². The van der Waals surface area contributed by atoms with Crippen LogP contribution in [0.15, 0.2) is 22.0 Å². The number of hydrogen-bond acceptors (Lipinski definition) is 8. The van der Waals surface area contributed by atoms with Gasteiger partial charge in [0.1, 0.15) is 15.4 Å². The monoisotopic (exact) mass is 451 g/mol.